The molecule has 0 saturated heterocycles. The second-order valence-electron chi connectivity index (χ2n) is 3.95. The molecule has 0 aliphatic rings. The van der Waals surface area contributed by atoms with Crippen molar-refractivity contribution in [2.45, 2.75) is 12.8 Å². The molecule has 0 fully saturated rings. The van der Waals surface area contributed by atoms with Crippen LogP contribution in [-0.2, 0) is 17.6 Å². The molecule has 0 bridgehead atoms. The third-order valence-corrected chi connectivity index (χ3v) is 2.89. The number of nitrogen functional groups attached to an aromatic ring is 1. The maximum Gasteiger partial charge on any atom is 0.260 e. The summed E-state index contributed by atoms with van der Waals surface area (Å²) in [5, 5.41) is 6.25. The summed E-state index contributed by atoms with van der Waals surface area (Å²) in [6.07, 6.45) is 0.805. The molecule has 0 spiro atoms. The van der Waals surface area contributed by atoms with E-state index >= 15 is 0 Å². The van der Waals surface area contributed by atoms with Crippen molar-refractivity contribution in [3.05, 3.63) is 40.2 Å². The number of anilines is 1. The molecule has 1 heterocycles. The van der Waals surface area contributed by atoms with E-state index in [2.05, 4.69) is 31.4 Å². The number of benzene rings is 1. The predicted molar refractivity (Wildman–Crippen MR) is 73.3 cm³/mol. The van der Waals surface area contributed by atoms with Gasteiger partial charge in [0.1, 0.15) is 0 Å². The van der Waals surface area contributed by atoms with Gasteiger partial charge in [-0.3, -0.25) is 4.79 Å². The predicted octanol–water partition coefficient (Wildman–Crippen LogP) is 1.32. The molecule has 0 atom stereocenters. The van der Waals surface area contributed by atoms with Crippen LogP contribution in [0.3, 0.4) is 0 Å². The lowest BCUT2D eigenvalue weighted by Gasteiger charge is -2.04. The maximum atomic E-state index is 11.7. The number of amides is 1. The summed E-state index contributed by atoms with van der Waals surface area (Å²) in [6, 6.07) is 7.64. The average molecular weight is 325 g/mol. The van der Waals surface area contributed by atoms with Gasteiger partial charge in [0.05, 0.1) is 6.42 Å². The van der Waals surface area contributed by atoms with Crippen LogP contribution < -0.4 is 11.1 Å². The number of hydrogen-bond acceptors (Lipinski definition) is 5. The van der Waals surface area contributed by atoms with Crippen molar-refractivity contribution in [1.82, 2.24) is 15.5 Å². The Labute approximate surface area is 118 Å². The van der Waals surface area contributed by atoms with Gasteiger partial charge in [-0.15, -0.1) is 0 Å². The molecule has 0 saturated carbocycles. The first-order valence-electron chi connectivity index (χ1n) is 5.72. The van der Waals surface area contributed by atoms with Crippen LogP contribution in [0.25, 0.3) is 0 Å². The van der Waals surface area contributed by atoms with Crippen molar-refractivity contribution in [3.63, 3.8) is 0 Å². The van der Waals surface area contributed by atoms with Crippen LogP contribution in [0.4, 0.5) is 5.95 Å². The minimum absolute atomic E-state index is 0.0504. The van der Waals surface area contributed by atoms with Gasteiger partial charge in [0.15, 0.2) is 0 Å². The third-order valence-electron chi connectivity index (χ3n) is 2.40. The van der Waals surface area contributed by atoms with Crippen molar-refractivity contribution in [3.8, 4) is 0 Å². The van der Waals surface area contributed by atoms with E-state index in [0.29, 0.717) is 25.3 Å². The summed E-state index contributed by atoms with van der Waals surface area (Å²) in [6.45, 7) is 0.439. The zero-order valence-corrected chi connectivity index (χ0v) is 11.7. The Morgan fingerprint density at radius 1 is 1.47 bits per heavy atom. The topological polar surface area (TPSA) is 94.0 Å². The lowest BCUT2D eigenvalue weighted by Crippen LogP contribution is -2.27. The number of nitrogens with one attached hydrogen (secondary N) is 1. The zero-order valence-electron chi connectivity index (χ0n) is 10.1. The molecule has 1 amide bonds. The molecule has 0 unspecified atom stereocenters. The summed E-state index contributed by atoms with van der Waals surface area (Å²) < 4.78 is 5.79. The van der Waals surface area contributed by atoms with Crippen LogP contribution in [-0.4, -0.2) is 22.6 Å². The number of aromatic nitrogens is 2. The van der Waals surface area contributed by atoms with Crippen LogP contribution in [0.15, 0.2) is 33.3 Å². The summed E-state index contributed by atoms with van der Waals surface area (Å²) in [5.41, 5.74) is 6.27. The molecule has 2 aromatic rings. The van der Waals surface area contributed by atoms with E-state index in [1.54, 1.807) is 0 Å². The van der Waals surface area contributed by atoms with Gasteiger partial charge in [-0.05, 0) is 22.9 Å². The quantitative estimate of drug-likeness (QED) is 0.864. The smallest absolute Gasteiger partial charge is 0.260 e. The molecule has 1 aromatic heterocycles. The molecule has 2 rings (SSSR count). The van der Waals surface area contributed by atoms with Gasteiger partial charge >= 0.3 is 0 Å². The Morgan fingerprint density at radius 2 is 2.32 bits per heavy atom. The first-order valence-corrected chi connectivity index (χ1v) is 6.52. The van der Waals surface area contributed by atoms with Gasteiger partial charge in [-0.25, -0.2) is 0 Å². The van der Waals surface area contributed by atoms with Gasteiger partial charge in [0.25, 0.3) is 5.95 Å². The van der Waals surface area contributed by atoms with Crippen molar-refractivity contribution in [1.29, 1.82) is 0 Å². The Kier molecular flexibility index (Phi) is 4.51. The van der Waals surface area contributed by atoms with Crippen molar-refractivity contribution >= 4 is 27.8 Å². The summed E-state index contributed by atoms with van der Waals surface area (Å²) in [4.78, 5) is 15.5. The van der Waals surface area contributed by atoms with Gasteiger partial charge in [-0.2, -0.15) is 4.98 Å². The van der Waals surface area contributed by atoms with E-state index in [4.69, 9.17) is 10.3 Å². The molecule has 0 aliphatic carbocycles. The highest BCUT2D eigenvalue weighted by molar-refractivity contribution is 9.10. The highest BCUT2D eigenvalue weighted by Gasteiger charge is 2.06. The molecule has 0 radical (unpaired) electrons. The minimum Gasteiger partial charge on any atom is -0.365 e. The highest BCUT2D eigenvalue weighted by atomic mass is 79.9. The van der Waals surface area contributed by atoms with E-state index in [1.807, 2.05) is 24.3 Å². The summed E-state index contributed by atoms with van der Waals surface area (Å²) in [7, 11) is 0. The average Bonchev–Trinajstić information content (AvgIpc) is 2.75. The number of hydrogen-bond donors (Lipinski definition) is 2. The monoisotopic (exact) mass is 324 g/mol. The van der Waals surface area contributed by atoms with Gasteiger partial charge < -0.3 is 15.6 Å². The van der Waals surface area contributed by atoms with E-state index in [-0.39, 0.29) is 11.9 Å². The Bertz CT molecular complexity index is 570. The maximum absolute atomic E-state index is 11.7. The van der Waals surface area contributed by atoms with Crippen molar-refractivity contribution < 1.29 is 9.32 Å². The van der Waals surface area contributed by atoms with E-state index in [9.17, 15) is 4.79 Å². The van der Waals surface area contributed by atoms with E-state index in [0.717, 1.165) is 10.0 Å². The number of carbonyl (C=O) groups excluding carboxylic acids is 1. The van der Waals surface area contributed by atoms with Crippen LogP contribution in [0, 0.1) is 0 Å². The molecule has 7 heteroatoms. The van der Waals surface area contributed by atoms with Gasteiger partial charge in [0, 0.05) is 17.4 Å². The zero-order chi connectivity index (χ0) is 13.7. The van der Waals surface area contributed by atoms with Crippen LogP contribution >= 0.6 is 15.9 Å². The number of halogens is 1. The first kappa shape index (κ1) is 13.5. The fourth-order valence-electron chi connectivity index (χ4n) is 1.57. The van der Waals surface area contributed by atoms with Crippen LogP contribution in [0.2, 0.25) is 0 Å². The summed E-state index contributed by atoms with van der Waals surface area (Å²) >= 11 is 3.37. The van der Waals surface area contributed by atoms with Crippen LogP contribution in [0.5, 0.6) is 0 Å². The molecule has 6 nitrogen and oxygen atoms in total. The normalized spacial score (nSPS) is 10.4. The Balaban J connectivity index is 1.76. The number of rotatable bonds is 5. The lowest BCUT2D eigenvalue weighted by atomic mass is 10.1. The number of nitrogens with zero attached hydrogens (tertiary/aromatic N) is 2. The summed E-state index contributed by atoms with van der Waals surface area (Å²) in [5.74, 6) is 0.473. The number of nitrogens with two attached hydrogens (primary N) is 1. The third kappa shape index (κ3) is 4.36. The second kappa shape index (κ2) is 6.33. The van der Waals surface area contributed by atoms with Crippen LogP contribution in [0.1, 0.15) is 11.5 Å². The standard InChI is InChI=1S/C12H13BrN4O2/c13-9-3-1-2-8(6-9)7-10(18)15-5-4-11-16-12(14)17-19-11/h1-3,6H,4-5,7H2,(H2,14,17)(H,15,18). The molecular formula is C12H13BrN4O2. The van der Waals surface area contributed by atoms with Gasteiger partial charge in [-0.1, -0.05) is 28.1 Å². The molecule has 3 N–H and O–H groups in total. The molecule has 0 aliphatic heterocycles. The van der Waals surface area contributed by atoms with E-state index < -0.39 is 0 Å². The first-order chi connectivity index (χ1) is 9.13. The molecular weight excluding hydrogens is 312 g/mol. The molecule has 100 valence electrons. The molecule has 19 heavy (non-hydrogen) atoms. The minimum atomic E-state index is -0.0504. The largest absolute Gasteiger partial charge is 0.365 e. The van der Waals surface area contributed by atoms with Crippen molar-refractivity contribution in [2.75, 3.05) is 12.3 Å². The number of carbonyl (C=O) groups is 1. The Morgan fingerprint density at radius 3 is 3.00 bits per heavy atom. The fourth-order valence-corrected chi connectivity index (χ4v) is 2.02. The second-order valence-corrected chi connectivity index (χ2v) is 4.87. The highest BCUT2D eigenvalue weighted by Crippen LogP contribution is 2.11. The van der Waals surface area contributed by atoms with Crippen molar-refractivity contribution in [2.24, 2.45) is 0 Å². The van der Waals surface area contributed by atoms with E-state index in [1.165, 1.54) is 0 Å². The Hall–Kier alpha value is -1.89. The van der Waals surface area contributed by atoms with Gasteiger partial charge in [0.2, 0.25) is 11.8 Å². The lowest BCUT2D eigenvalue weighted by molar-refractivity contribution is -0.120. The SMILES string of the molecule is Nc1noc(CCNC(=O)Cc2cccc(Br)c2)n1. The molecule has 1 aromatic carbocycles. The fraction of sp³-hybridized carbons (Fsp3) is 0.250.